The number of hydrogen-bond donors (Lipinski definition) is 1. The minimum atomic E-state index is -0.444. The number of carbonyl (C=O) groups is 2. The van der Waals surface area contributed by atoms with E-state index in [-0.39, 0.29) is 19.0 Å². The van der Waals surface area contributed by atoms with Gasteiger partial charge in [0.1, 0.15) is 11.1 Å². The first kappa shape index (κ1) is 18.0. The zero-order valence-corrected chi connectivity index (χ0v) is 14.0. The van der Waals surface area contributed by atoms with Crippen molar-refractivity contribution >= 4 is 23.6 Å². The number of esters is 1. The van der Waals surface area contributed by atoms with Crippen LogP contribution in [0, 0.1) is 5.82 Å². The second kappa shape index (κ2) is 9.08. The summed E-state index contributed by atoms with van der Waals surface area (Å²) in [5, 5.41) is 2.21. The molecule has 126 valence electrons. The highest BCUT2D eigenvalue weighted by atomic mass is 32.2. The number of thioether (sulfide) groups is 1. The van der Waals surface area contributed by atoms with E-state index in [4.69, 9.17) is 4.74 Å². The van der Waals surface area contributed by atoms with Crippen LogP contribution in [-0.4, -0.2) is 23.7 Å². The van der Waals surface area contributed by atoms with Crippen LogP contribution in [0.2, 0.25) is 0 Å². The molecule has 6 heteroatoms. The first-order valence-electron chi connectivity index (χ1n) is 7.44. The van der Waals surface area contributed by atoms with Gasteiger partial charge in [0.15, 0.2) is 6.61 Å². The lowest BCUT2D eigenvalue weighted by Gasteiger charge is -2.11. The van der Waals surface area contributed by atoms with Crippen LogP contribution in [0.4, 0.5) is 4.39 Å². The van der Waals surface area contributed by atoms with Gasteiger partial charge in [-0.3, -0.25) is 9.59 Å². The van der Waals surface area contributed by atoms with Crippen molar-refractivity contribution in [1.82, 2.24) is 5.32 Å². The molecule has 1 atom stereocenters. The van der Waals surface area contributed by atoms with Crippen LogP contribution in [-0.2, 0) is 20.9 Å². The summed E-state index contributed by atoms with van der Waals surface area (Å²) in [7, 11) is 0. The molecule has 0 radical (unpaired) electrons. The first-order chi connectivity index (χ1) is 11.5. The van der Waals surface area contributed by atoms with Crippen molar-refractivity contribution < 1.29 is 18.7 Å². The average molecular weight is 347 g/mol. The van der Waals surface area contributed by atoms with E-state index in [2.05, 4.69) is 5.32 Å². The van der Waals surface area contributed by atoms with E-state index in [0.29, 0.717) is 0 Å². The minimum Gasteiger partial charge on any atom is -0.455 e. The largest absolute Gasteiger partial charge is 0.455 e. The molecule has 0 saturated carbocycles. The Hall–Kier alpha value is -2.34. The maximum absolute atomic E-state index is 12.8. The summed E-state index contributed by atoms with van der Waals surface area (Å²) in [4.78, 5) is 24.6. The van der Waals surface area contributed by atoms with Crippen LogP contribution in [0.1, 0.15) is 12.5 Å². The molecule has 0 aromatic heterocycles. The van der Waals surface area contributed by atoms with Crippen molar-refractivity contribution in [2.45, 2.75) is 23.6 Å². The smallest absolute Gasteiger partial charge is 0.319 e. The molecule has 0 aliphatic carbocycles. The Kier molecular flexibility index (Phi) is 6.81. The molecule has 0 aliphatic rings. The van der Waals surface area contributed by atoms with Crippen molar-refractivity contribution in [3.05, 3.63) is 66.0 Å². The summed E-state index contributed by atoms with van der Waals surface area (Å²) in [6.45, 7) is 1.65. The van der Waals surface area contributed by atoms with Gasteiger partial charge in [-0.15, -0.1) is 11.8 Å². The molecule has 24 heavy (non-hydrogen) atoms. The van der Waals surface area contributed by atoms with Crippen molar-refractivity contribution in [3.8, 4) is 0 Å². The Balaban J connectivity index is 1.70. The number of hydrogen-bond acceptors (Lipinski definition) is 4. The van der Waals surface area contributed by atoms with Gasteiger partial charge in [-0.25, -0.2) is 4.39 Å². The normalized spacial score (nSPS) is 11.6. The molecule has 1 amide bonds. The maximum atomic E-state index is 12.8. The summed E-state index contributed by atoms with van der Waals surface area (Å²) >= 11 is 1.37. The topological polar surface area (TPSA) is 55.4 Å². The molecule has 0 spiro atoms. The summed E-state index contributed by atoms with van der Waals surface area (Å²) in [6, 6.07) is 15.3. The number of rotatable bonds is 7. The highest BCUT2D eigenvalue weighted by molar-refractivity contribution is 8.00. The number of halogens is 1. The monoisotopic (exact) mass is 347 g/mol. The van der Waals surface area contributed by atoms with Gasteiger partial charge in [0.2, 0.25) is 0 Å². The van der Waals surface area contributed by atoms with Crippen LogP contribution in [0.3, 0.4) is 0 Å². The molecule has 0 bridgehead atoms. The third-order valence-corrected chi connectivity index (χ3v) is 4.23. The van der Waals surface area contributed by atoms with Crippen molar-refractivity contribution in [1.29, 1.82) is 0 Å². The van der Waals surface area contributed by atoms with Crippen molar-refractivity contribution in [2.24, 2.45) is 0 Å². The SMILES string of the molecule is C[C@H](Sc1ccccc1)C(=O)OCC(=O)NCc1ccc(F)cc1. The van der Waals surface area contributed by atoms with Crippen molar-refractivity contribution in [3.63, 3.8) is 0 Å². The molecule has 1 N–H and O–H groups in total. The van der Waals surface area contributed by atoms with Crippen molar-refractivity contribution in [2.75, 3.05) is 6.61 Å². The van der Waals surface area contributed by atoms with Crippen LogP contribution < -0.4 is 5.32 Å². The lowest BCUT2D eigenvalue weighted by Crippen LogP contribution is -2.30. The Bertz CT molecular complexity index is 676. The molecule has 0 fully saturated rings. The van der Waals surface area contributed by atoms with E-state index >= 15 is 0 Å². The Morgan fingerprint density at radius 2 is 1.79 bits per heavy atom. The minimum absolute atomic E-state index is 0.255. The van der Waals surface area contributed by atoms with Gasteiger partial charge in [0.25, 0.3) is 5.91 Å². The molecule has 0 saturated heterocycles. The summed E-state index contributed by atoms with van der Waals surface area (Å²) in [5.41, 5.74) is 0.768. The Labute approximate surface area is 144 Å². The van der Waals surface area contributed by atoms with Gasteiger partial charge in [-0.1, -0.05) is 30.3 Å². The molecule has 2 aromatic rings. The molecular weight excluding hydrogens is 329 g/mol. The standard InChI is InChI=1S/C18H18FNO3S/c1-13(24-16-5-3-2-4-6-16)18(22)23-12-17(21)20-11-14-7-9-15(19)10-8-14/h2-10,13H,11-12H2,1H3,(H,20,21)/t13-/m0/s1. The van der Waals surface area contributed by atoms with Crippen LogP contribution in [0.25, 0.3) is 0 Å². The zero-order chi connectivity index (χ0) is 17.4. The van der Waals surface area contributed by atoms with E-state index < -0.39 is 17.1 Å². The molecule has 0 unspecified atom stereocenters. The predicted octanol–water partition coefficient (Wildman–Crippen LogP) is 3.17. The van der Waals surface area contributed by atoms with Gasteiger partial charge >= 0.3 is 5.97 Å². The second-order valence-electron chi connectivity index (χ2n) is 5.08. The molecular formula is C18H18FNO3S. The summed E-state index contributed by atoms with van der Waals surface area (Å²) in [5.74, 6) is -1.17. The fourth-order valence-electron chi connectivity index (χ4n) is 1.86. The number of nitrogens with one attached hydrogen (secondary N) is 1. The lowest BCUT2D eigenvalue weighted by atomic mass is 10.2. The number of amides is 1. The highest BCUT2D eigenvalue weighted by Crippen LogP contribution is 2.23. The molecule has 4 nitrogen and oxygen atoms in total. The Morgan fingerprint density at radius 1 is 1.12 bits per heavy atom. The first-order valence-corrected chi connectivity index (χ1v) is 8.32. The van der Waals surface area contributed by atoms with Crippen LogP contribution in [0.5, 0.6) is 0 Å². The van der Waals surface area contributed by atoms with E-state index in [9.17, 15) is 14.0 Å². The number of benzene rings is 2. The zero-order valence-electron chi connectivity index (χ0n) is 13.2. The fraction of sp³-hybridized carbons (Fsp3) is 0.222. The number of carbonyl (C=O) groups excluding carboxylic acids is 2. The van der Waals surface area contributed by atoms with Gasteiger partial charge < -0.3 is 10.1 Å². The quantitative estimate of drug-likeness (QED) is 0.617. The van der Waals surface area contributed by atoms with Gasteiger partial charge in [0, 0.05) is 11.4 Å². The second-order valence-corrected chi connectivity index (χ2v) is 6.50. The third kappa shape index (κ3) is 6.04. The average Bonchev–Trinajstić information content (AvgIpc) is 2.60. The van der Waals surface area contributed by atoms with Gasteiger partial charge in [-0.2, -0.15) is 0 Å². The van der Waals surface area contributed by atoms with Gasteiger partial charge in [0.05, 0.1) is 0 Å². The van der Waals surface area contributed by atoms with E-state index in [1.165, 1.54) is 23.9 Å². The van der Waals surface area contributed by atoms with E-state index in [1.54, 1.807) is 19.1 Å². The predicted molar refractivity (Wildman–Crippen MR) is 91.0 cm³/mol. The molecule has 2 aromatic carbocycles. The fourth-order valence-corrected chi connectivity index (χ4v) is 2.75. The van der Waals surface area contributed by atoms with Crippen LogP contribution >= 0.6 is 11.8 Å². The van der Waals surface area contributed by atoms with Gasteiger partial charge in [-0.05, 0) is 36.8 Å². The third-order valence-electron chi connectivity index (χ3n) is 3.14. The summed E-state index contributed by atoms with van der Waals surface area (Å²) < 4.78 is 17.8. The van der Waals surface area contributed by atoms with Crippen LogP contribution in [0.15, 0.2) is 59.5 Å². The summed E-state index contributed by atoms with van der Waals surface area (Å²) in [6.07, 6.45) is 0. The number of ether oxygens (including phenoxy) is 1. The molecule has 0 heterocycles. The van der Waals surface area contributed by atoms with E-state index in [0.717, 1.165) is 10.5 Å². The lowest BCUT2D eigenvalue weighted by molar-refractivity contribution is -0.147. The molecule has 2 rings (SSSR count). The highest BCUT2D eigenvalue weighted by Gasteiger charge is 2.17. The molecule has 0 aliphatic heterocycles. The maximum Gasteiger partial charge on any atom is 0.319 e. The Morgan fingerprint density at radius 3 is 2.46 bits per heavy atom. The van der Waals surface area contributed by atoms with E-state index in [1.807, 2.05) is 30.3 Å².